The van der Waals surface area contributed by atoms with Gasteiger partial charge in [-0.2, -0.15) is 4.98 Å². The molecule has 0 saturated carbocycles. The molecule has 2 rings (SSSR count). The fourth-order valence-corrected chi connectivity index (χ4v) is 1.50. The Hall–Kier alpha value is -2.11. The number of rotatable bonds is 3. The van der Waals surface area contributed by atoms with Crippen molar-refractivity contribution in [2.45, 2.75) is 33.8 Å². The molecule has 96 valence electrons. The first-order chi connectivity index (χ1) is 8.45. The summed E-state index contributed by atoms with van der Waals surface area (Å²) in [5.74, 6) is 1.48. The van der Waals surface area contributed by atoms with E-state index in [1.807, 2.05) is 27.7 Å². The summed E-state index contributed by atoms with van der Waals surface area (Å²) in [5, 5.41) is 4.16. The smallest absolute Gasteiger partial charge is 0.254 e. The molecule has 18 heavy (non-hydrogen) atoms. The number of aryl methyl sites for hydroxylation is 2. The molecule has 2 heterocycles. The fourth-order valence-electron chi connectivity index (χ4n) is 1.50. The zero-order valence-electron chi connectivity index (χ0n) is 11.0. The molecule has 2 aromatic rings. The molecule has 0 amide bonds. The van der Waals surface area contributed by atoms with E-state index in [1.54, 1.807) is 16.9 Å². The third-order valence-corrected chi connectivity index (χ3v) is 2.32. The molecule has 2 N–H and O–H groups in total. The number of nitrogens with zero attached hydrogens (tertiary/aromatic N) is 4. The minimum Gasteiger partial charge on any atom is -0.475 e. The first-order valence-electron chi connectivity index (χ1n) is 5.80. The number of hydrogen-bond donors (Lipinski definition) is 1. The van der Waals surface area contributed by atoms with Gasteiger partial charge in [-0.1, -0.05) is 0 Å². The van der Waals surface area contributed by atoms with Gasteiger partial charge in [0.2, 0.25) is 5.88 Å². The van der Waals surface area contributed by atoms with Gasteiger partial charge in [0.05, 0.1) is 6.10 Å². The standard InChI is InChI=1S/C12H17N5O/c1-7(2)18-10-5-9(4)14-12(15-10)17-6-8(3)11(13)16-17/h5-7H,1-4H3,(H2,13,16). The average molecular weight is 247 g/mol. The van der Waals surface area contributed by atoms with Crippen LogP contribution in [0.4, 0.5) is 5.82 Å². The van der Waals surface area contributed by atoms with E-state index in [0.29, 0.717) is 17.6 Å². The Morgan fingerprint density at radius 1 is 1.28 bits per heavy atom. The highest BCUT2D eigenvalue weighted by atomic mass is 16.5. The third-order valence-electron chi connectivity index (χ3n) is 2.32. The normalized spacial score (nSPS) is 10.9. The molecule has 0 saturated heterocycles. The summed E-state index contributed by atoms with van der Waals surface area (Å²) in [4.78, 5) is 8.63. The number of hydrogen-bond acceptors (Lipinski definition) is 5. The number of anilines is 1. The quantitative estimate of drug-likeness (QED) is 0.892. The van der Waals surface area contributed by atoms with Crippen LogP contribution in [0.2, 0.25) is 0 Å². The summed E-state index contributed by atoms with van der Waals surface area (Å²) < 4.78 is 7.13. The second-order valence-electron chi connectivity index (χ2n) is 4.46. The molecule has 0 spiro atoms. The Morgan fingerprint density at radius 2 is 2.00 bits per heavy atom. The molecule has 0 radical (unpaired) electrons. The van der Waals surface area contributed by atoms with Crippen molar-refractivity contribution in [3.8, 4) is 11.8 Å². The molecular formula is C12H17N5O. The highest BCUT2D eigenvalue weighted by Crippen LogP contribution is 2.15. The van der Waals surface area contributed by atoms with E-state index < -0.39 is 0 Å². The largest absolute Gasteiger partial charge is 0.475 e. The Kier molecular flexibility index (Phi) is 3.18. The van der Waals surface area contributed by atoms with E-state index in [0.717, 1.165) is 11.3 Å². The highest BCUT2D eigenvalue weighted by molar-refractivity contribution is 5.38. The Bertz CT molecular complexity index is 542. The predicted molar refractivity (Wildman–Crippen MR) is 68.8 cm³/mol. The molecule has 6 heteroatoms. The predicted octanol–water partition coefficient (Wildman–Crippen LogP) is 1.65. The van der Waals surface area contributed by atoms with E-state index >= 15 is 0 Å². The number of ether oxygens (including phenoxy) is 1. The monoisotopic (exact) mass is 247 g/mol. The number of aromatic nitrogens is 4. The SMILES string of the molecule is Cc1cc(OC(C)C)nc(-n2cc(C)c(N)n2)n1. The number of nitrogen functional groups attached to an aromatic ring is 1. The van der Waals surface area contributed by atoms with E-state index in [-0.39, 0.29) is 6.10 Å². The molecule has 0 atom stereocenters. The van der Waals surface area contributed by atoms with E-state index in [1.165, 1.54) is 0 Å². The van der Waals surface area contributed by atoms with Gasteiger partial charge in [0.15, 0.2) is 0 Å². The van der Waals surface area contributed by atoms with Gasteiger partial charge >= 0.3 is 0 Å². The summed E-state index contributed by atoms with van der Waals surface area (Å²) in [7, 11) is 0. The van der Waals surface area contributed by atoms with Crippen LogP contribution in [0.25, 0.3) is 5.95 Å². The Balaban J connectivity index is 2.41. The van der Waals surface area contributed by atoms with E-state index in [4.69, 9.17) is 10.5 Å². The highest BCUT2D eigenvalue weighted by Gasteiger charge is 2.09. The van der Waals surface area contributed by atoms with Crippen molar-refractivity contribution in [2.75, 3.05) is 5.73 Å². The van der Waals surface area contributed by atoms with Crippen molar-refractivity contribution < 1.29 is 4.74 Å². The molecule has 0 aromatic carbocycles. The molecule has 0 fully saturated rings. The van der Waals surface area contributed by atoms with Crippen LogP contribution in [0.5, 0.6) is 5.88 Å². The zero-order chi connectivity index (χ0) is 13.3. The van der Waals surface area contributed by atoms with Crippen LogP contribution >= 0.6 is 0 Å². The van der Waals surface area contributed by atoms with Crippen LogP contribution < -0.4 is 10.5 Å². The van der Waals surface area contributed by atoms with E-state index in [2.05, 4.69) is 15.1 Å². The third kappa shape index (κ3) is 2.58. The molecule has 6 nitrogen and oxygen atoms in total. The van der Waals surface area contributed by atoms with Crippen LogP contribution in [-0.2, 0) is 0 Å². The first-order valence-corrected chi connectivity index (χ1v) is 5.80. The van der Waals surface area contributed by atoms with Crippen molar-refractivity contribution in [2.24, 2.45) is 0 Å². The summed E-state index contributed by atoms with van der Waals surface area (Å²) in [5.41, 5.74) is 7.43. The Labute approximate surface area is 106 Å². The maximum atomic E-state index is 5.72. The first kappa shape index (κ1) is 12.3. The van der Waals surface area contributed by atoms with E-state index in [9.17, 15) is 0 Å². The van der Waals surface area contributed by atoms with Crippen molar-refractivity contribution in [1.82, 2.24) is 19.7 Å². The van der Waals surface area contributed by atoms with Gasteiger partial charge in [0.1, 0.15) is 5.82 Å². The molecule has 0 bridgehead atoms. The molecule has 2 aromatic heterocycles. The lowest BCUT2D eigenvalue weighted by molar-refractivity contribution is 0.231. The maximum absolute atomic E-state index is 5.72. The van der Waals surface area contributed by atoms with Gasteiger partial charge in [-0.25, -0.2) is 9.67 Å². The second-order valence-corrected chi connectivity index (χ2v) is 4.46. The summed E-state index contributed by atoms with van der Waals surface area (Å²) in [6.45, 7) is 7.68. The zero-order valence-corrected chi connectivity index (χ0v) is 11.0. The van der Waals surface area contributed by atoms with Crippen LogP contribution in [0.1, 0.15) is 25.1 Å². The molecule has 0 aliphatic rings. The van der Waals surface area contributed by atoms with Gasteiger partial charge in [-0.15, -0.1) is 5.10 Å². The van der Waals surface area contributed by atoms with Crippen LogP contribution in [0, 0.1) is 13.8 Å². The number of nitrogens with two attached hydrogens (primary N) is 1. The minimum absolute atomic E-state index is 0.0663. The van der Waals surface area contributed by atoms with Crippen molar-refractivity contribution in [3.63, 3.8) is 0 Å². The lowest BCUT2D eigenvalue weighted by atomic mass is 10.4. The average Bonchev–Trinajstić information content (AvgIpc) is 2.57. The summed E-state index contributed by atoms with van der Waals surface area (Å²) in [6, 6.07) is 1.79. The molecular weight excluding hydrogens is 230 g/mol. The van der Waals surface area contributed by atoms with Crippen molar-refractivity contribution in [3.05, 3.63) is 23.5 Å². The lowest BCUT2D eigenvalue weighted by Crippen LogP contribution is -2.10. The van der Waals surface area contributed by atoms with Crippen LogP contribution in [0.15, 0.2) is 12.3 Å². The van der Waals surface area contributed by atoms with Gasteiger partial charge in [0.25, 0.3) is 5.95 Å². The maximum Gasteiger partial charge on any atom is 0.254 e. The molecule has 0 aliphatic carbocycles. The molecule has 0 unspecified atom stereocenters. The van der Waals surface area contributed by atoms with Gasteiger partial charge in [0, 0.05) is 23.5 Å². The van der Waals surface area contributed by atoms with Crippen molar-refractivity contribution in [1.29, 1.82) is 0 Å². The van der Waals surface area contributed by atoms with Gasteiger partial charge < -0.3 is 10.5 Å². The van der Waals surface area contributed by atoms with Crippen LogP contribution in [0.3, 0.4) is 0 Å². The summed E-state index contributed by atoms with van der Waals surface area (Å²) >= 11 is 0. The minimum atomic E-state index is 0.0663. The van der Waals surface area contributed by atoms with Gasteiger partial charge in [-0.3, -0.25) is 0 Å². The topological polar surface area (TPSA) is 78.9 Å². The second kappa shape index (κ2) is 4.64. The fraction of sp³-hybridized carbons (Fsp3) is 0.417. The van der Waals surface area contributed by atoms with Crippen LogP contribution in [-0.4, -0.2) is 25.9 Å². The summed E-state index contributed by atoms with van der Waals surface area (Å²) in [6.07, 6.45) is 1.86. The lowest BCUT2D eigenvalue weighted by Gasteiger charge is -2.10. The van der Waals surface area contributed by atoms with Crippen molar-refractivity contribution >= 4 is 5.82 Å². The van der Waals surface area contributed by atoms with Gasteiger partial charge in [-0.05, 0) is 27.7 Å². The Morgan fingerprint density at radius 3 is 2.56 bits per heavy atom. The molecule has 0 aliphatic heterocycles.